The third-order valence-electron chi connectivity index (χ3n) is 2.68. The summed E-state index contributed by atoms with van der Waals surface area (Å²) in [6, 6.07) is 0.621. The number of rotatable bonds is 7. The summed E-state index contributed by atoms with van der Waals surface area (Å²) in [4.78, 5) is 0. The van der Waals surface area contributed by atoms with E-state index in [0.29, 0.717) is 6.04 Å². The highest BCUT2D eigenvalue weighted by atomic mass is 14.9. The lowest BCUT2D eigenvalue weighted by Gasteiger charge is -2.25. The Balaban J connectivity index is 3.97. The minimum atomic E-state index is 0.621. The molecule has 0 aliphatic carbocycles. The second-order valence-electron chi connectivity index (χ2n) is 3.48. The second-order valence-corrected chi connectivity index (χ2v) is 3.48. The van der Waals surface area contributed by atoms with Crippen LogP contribution in [0.3, 0.4) is 0 Å². The van der Waals surface area contributed by atoms with Crippen molar-refractivity contribution in [2.24, 2.45) is 5.92 Å². The normalized spacial score (nSPS) is 12.8. The average molecular weight is 181 g/mol. The van der Waals surface area contributed by atoms with Gasteiger partial charge < -0.3 is 5.32 Å². The van der Waals surface area contributed by atoms with Crippen LogP contribution in [0.4, 0.5) is 0 Å². The maximum absolute atomic E-state index is 5.28. The highest BCUT2D eigenvalue weighted by Crippen LogP contribution is 2.16. The first-order chi connectivity index (χ1) is 6.29. The Morgan fingerprint density at radius 2 is 1.85 bits per heavy atom. The Hall–Kier alpha value is -0.480. The van der Waals surface area contributed by atoms with Crippen LogP contribution < -0.4 is 5.32 Å². The topological polar surface area (TPSA) is 12.0 Å². The molecule has 0 aromatic carbocycles. The molecule has 0 bridgehead atoms. The number of nitrogens with one attached hydrogen (secondary N) is 1. The van der Waals surface area contributed by atoms with Crippen molar-refractivity contribution < 1.29 is 0 Å². The smallest absolute Gasteiger partial charge is 0.0104 e. The minimum Gasteiger partial charge on any atom is -0.314 e. The van der Waals surface area contributed by atoms with Gasteiger partial charge in [-0.05, 0) is 18.9 Å². The Kier molecular flexibility index (Phi) is 7.83. The Morgan fingerprint density at radius 1 is 1.23 bits per heavy atom. The molecule has 0 aromatic heterocycles. The highest BCUT2D eigenvalue weighted by molar-refractivity contribution is 4.87. The van der Waals surface area contributed by atoms with Gasteiger partial charge in [0, 0.05) is 12.5 Å². The van der Waals surface area contributed by atoms with Gasteiger partial charge in [0.2, 0.25) is 0 Å². The molecule has 0 rings (SSSR count). The number of hydrogen-bond donors (Lipinski definition) is 1. The van der Waals surface area contributed by atoms with E-state index in [1.54, 1.807) is 0 Å². The molecule has 0 aliphatic rings. The van der Waals surface area contributed by atoms with Crippen molar-refractivity contribution in [3.63, 3.8) is 0 Å². The number of terminal acetylenes is 1. The van der Waals surface area contributed by atoms with E-state index in [4.69, 9.17) is 6.42 Å². The zero-order valence-electron chi connectivity index (χ0n) is 9.27. The van der Waals surface area contributed by atoms with Crippen molar-refractivity contribution in [3.8, 4) is 12.3 Å². The van der Waals surface area contributed by atoms with E-state index in [1.807, 2.05) is 0 Å². The summed E-state index contributed by atoms with van der Waals surface area (Å²) in [5, 5.41) is 3.52. The summed E-state index contributed by atoms with van der Waals surface area (Å²) in [5.74, 6) is 3.51. The molecule has 0 fully saturated rings. The van der Waals surface area contributed by atoms with Crippen molar-refractivity contribution in [1.29, 1.82) is 0 Å². The molecule has 1 atom stereocenters. The number of hydrogen-bond acceptors (Lipinski definition) is 1. The van der Waals surface area contributed by atoms with Crippen molar-refractivity contribution in [2.75, 3.05) is 6.54 Å². The monoisotopic (exact) mass is 181 g/mol. The molecular weight excluding hydrogens is 158 g/mol. The van der Waals surface area contributed by atoms with Crippen LogP contribution >= 0.6 is 0 Å². The largest absolute Gasteiger partial charge is 0.314 e. The van der Waals surface area contributed by atoms with Crippen LogP contribution in [0.1, 0.15) is 46.5 Å². The molecule has 1 unspecified atom stereocenters. The van der Waals surface area contributed by atoms with Crippen molar-refractivity contribution in [3.05, 3.63) is 0 Å². The zero-order valence-corrected chi connectivity index (χ0v) is 9.27. The SMILES string of the molecule is C#CCCC(NCC)C(CC)CC. The van der Waals surface area contributed by atoms with E-state index in [-0.39, 0.29) is 0 Å². The molecule has 0 saturated carbocycles. The molecule has 1 nitrogen and oxygen atoms in total. The molecule has 13 heavy (non-hydrogen) atoms. The Bertz CT molecular complexity index is 142. The molecule has 0 amide bonds. The maximum atomic E-state index is 5.28. The van der Waals surface area contributed by atoms with E-state index in [9.17, 15) is 0 Å². The summed E-state index contributed by atoms with van der Waals surface area (Å²) >= 11 is 0. The van der Waals surface area contributed by atoms with Gasteiger partial charge in [0.05, 0.1) is 0 Å². The fourth-order valence-corrected chi connectivity index (χ4v) is 1.86. The summed E-state index contributed by atoms with van der Waals surface area (Å²) < 4.78 is 0. The van der Waals surface area contributed by atoms with Crippen LogP contribution in [0.2, 0.25) is 0 Å². The minimum absolute atomic E-state index is 0.621. The van der Waals surface area contributed by atoms with E-state index in [2.05, 4.69) is 32.0 Å². The van der Waals surface area contributed by atoms with E-state index < -0.39 is 0 Å². The molecule has 0 aliphatic heterocycles. The van der Waals surface area contributed by atoms with Crippen LogP contribution in [0, 0.1) is 18.3 Å². The molecule has 76 valence electrons. The zero-order chi connectivity index (χ0) is 10.1. The van der Waals surface area contributed by atoms with Gasteiger partial charge in [-0.25, -0.2) is 0 Å². The lowest BCUT2D eigenvalue weighted by Crippen LogP contribution is -2.35. The second kappa shape index (κ2) is 8.13. The highest BCUT2D eigenvalue weighted by Gasteiger charge is 2.15. The van der Waals surface area contributed by atoms with Crippen molar-refractivity contribution >= 4 is 0 Å². The van der Waals surface area contributed by atoms with Gasteiger partial charge in [-0.3, -0.25) is 0 Å². The molecule has 0 saturated heterocycles. The van der Waals surface area contributed by atoms with E-state index in [0.717, 1.165) is 25.3 Å². The van der Waals surface area contributed by atoms with Gasteiger partial charge in [0.15, 0.2) is 0 Å². The van der Waals surface area contributed by atoms with Crippen molar-refractivity contribution in [2.45, 2.75) is 52.5 Å². The lowest BCUT2D eigenvalue weighted by molar-refractivity contribution is 0.325. The standard InChI is InChI=1S/C12H23N/c1-5-9-10-12(13-8-4)11(6-2)7-3/h1,11-13H,6-10H2,2-4H3. The predicted octanol–water partition coefficient (Wildman–Crippen LogP) is 2.81. The Morgan fingerprint density at radius 3 is 2.23 bits per heavy atom. The molecule has 0 spiro atoms. The predicted molar refractivity (Wildman–Crippen MR) is 59.6 cm³/mol. The van der Waals surface area contributed by atoms with Gasteiger partial charge in [0.25, 0.3) is 0 Å². The fraction of sp³-hybridized carbons (Fsp3) is 0.833. The fourth-order valence-electron chi connectivity index (χ4n) is 1.86. The molecule has 0 radical (unpaired) electrons. The van der Waals surface area contributed by atoms with Crippen LogP contribution in [0.15, 0.2) is 0 Å². The summed E-state index contributed by atoms with van der Waals surface area (Å²) in [5.41, 5.74) is 0. The Labute approximate surface area is 83.3 Å². The van der Waals surface area contributed by atoms with Crippen molar-refractivity contribution in [1.82, 2.24) is 5.32 Å². The first-order valence-corrected chi connectivity index (χ1v) is 5.46. The molecular formula is C12H23N. The molecule has 0 aromatic rings. The average Bonchev–Trinajstić information content (AvgIpc) is 2.16. The first-order valence-electron chi connectivity index (χ1n) is 5.46. The van der Waals surface area contributed by atoms with Crippen LogP contribution in [-0.2, 0) is 0 Å². The van der Waals surface area contributed by atoms with Gasteiger partial charge in [-0.15, -0.1) is 12.3 Å². The molecule has 1 N–H and O–H groups in total. The van der Waals surface area contributed by atoms with Gasteiger partial charge >= 0.3 is 0 Å². The first kappa shape index (κ1) is 12.5. The quantitative estimate of drug-likeness (QED) is 0.596. The van der Waals surface area contributed by atoms with Crippen LogP contribution in [-0.4, -0.2) is 12.6 Å². The lowest BCUT2D eigenvalue weighted by atomic mass is 9.91. The van der Waals surface area contributed by atoms with E-state index in [1.165, 1.54) is 12.8 Å². The summed E-state index contributed by atoms with van der Waals surface area (Å²) in [7, 11) is 0. The third kappa shape index (κ3) is 4.95. The van der Waals surface area contributed by atoms with Gasteiger partial charge in [-0.2, -0.15) is 0 Å². The van der Waals surface area contributed by atoms with E-state index >= 15 is 0 Å². The summed E-state index contributed by atoms with van der Waals surface area (Å²) in [6.45, 7) is 7.72. The maximum Gasteiger partial charge on any atom is 0.0104 e. The van der Waals surface area contributed by atoms with Gasteiger partial charge in [0.1, 0.15) is 0 Å². The van der Waals surface area contributed by atoms with Crippen LogP contribution in [0.25, 0.3) is 0 Å². The van der Waals surface area contributed by atoms with Gasteiger partial charge in [-0.1, -0.05) is 33.6 Å². The summed E-state index contributed by atoms with van der Waals surface area (Å²) in [6.07, 6.45) is 9.79. The molecule has 0 heterocycles. The molecule has 1 heteroatoms. The van der Waals surface area contributed by atoms with Crippen LogP contribution in [0.5, 0.6) is 0 Å². The third-order valence-corrected chi connectivity index (χ3v) is 2.68.